The molecule has 132 valence electrons. The number of nitrogens with one attached hydrogen (secondary N) is 1. The molecule has 1 unspecified atom stereocenters. The Morgan fingerprint density at radius 3 is 2.50 bits per heavy atom. The Labute approximate surface area is 155 Å². The minimum atomic E-state index is -0.311. The van der Waals surface area contributed by atoms with E-state index < -0.39 is 0 Å². The second-order valence-electron chi connectivity index (χ2n) is 6.63. The number of carbonyl (C=O) groups excluding carboxylic acids is 1. The molecule has 6 heteroatoms. The Kier molecular flexibility index (Phi) is 4.24. The Morgan fingerprint density at radius 1 is 1.12 bits per heavy atom. The number of hydrogen-bond acceptors (Lipinski definition) is 3. The highest BCUT2D eigenvalue weighted by atomic mass is 35.5. The van der Waals surface area contributed by atoms with Crippen molar-refractivity contribution < 1.29 is 9.18 Å². The van der Waals surface area contributed by atoms with Gasteiger partial charge in [-0.15, -0.1) is 5.10 Å². The van der Waals surface area contributed by atoms with Crippen LogP contribution in [0.3, 0.4) is 0 Å². The van der Waals surface area contributed by atoms with Crippen LogP contribution in [0.1, 0.15) is 29.4 Å². The first kappa shape index (κ1) is 16.8. The zero-order chi connectivity index (χ0) is 18.3. The highest BCUT2D eigenvalue weighted by molar-refractivity contribution is 6.30. The van der Waals surface area contributed by atoms with Crippen LogP contribution in [-0.2, 0) is 6.42 Å². The molecule has 0 bridgehead atoms. The van der Waals surface area contributed by atoms with E-state index >= 15 is 0 Å². The topological polar surface area (TPSA) is 46.9 Å². The average molecular weight is 370 g/mol. The fraction of sp³-hybridized carbons (Fsp3) is 0.200. The molecule has 0 aliphatic heterocycles. The summed E-state index contributed by atoms with van der Waals surface area (Å²) in [5, 5.41) is 8.45. The van der Waals surface area contributed by atoms with E-state index in [1.807, 2.05) is 12.1 Å². The highest BCUT2D eigenvalue weighted by Crippen LogP contribution is 2.34. The van der Waals surface area contributed by atoms with Crippen LogP contribution in [0.5, 0.6) is 0 Å². The van der Waals surface area contributed by atoms with Crippen LogP contribution >= 0.6 is 11.6 Å². The van der Waals surface area contributed by atoms with Crippen molar-refractivity contribution in [2.24, 2.45) is 5.92 Å². The van der Waals surface area contributed by atoms with E-state index in [1.165, 1.54) is 12.1 Å². The second kappa shape index (κ2) is 6.57. The molecule has 0 saturated heterocycles. The molecular formula is C20H17ClFN3O. The number of halogens is 2. The van der Waals surface area contributed by atoms with E-state index in [0.29, 0.717) is 28.5 Å². The lowest BCUT2D eigenvalue weighted by Gasteiger charge is -2.19. The summed E-state index contributed by atoms with van der Waals surface area (Å²) in [5.41, 5.74) is 3.03. The number of rotatable bonds is 3. The Hall–Kier alpha value is -2.66. The maximum absolute atomic E-state index is 13.1. The predicted octanol–water partition coefficient (Wildman–Crippen LogP) is 5.17. The number of hydrogen-bond donors (Lipinski definition) is 1. The Balaban J connectivity index is 1.81. The maximum atomic E-state index is 13.1. The molecule has 4 rings (SSSR count). The summed E-state index contributed by atoms with van der Waals surface area (Å²) in [6, 6.07) is 13.3. The molecule has 26 heavy (non-hydrogen) atoms. The highest BCUT2D eigenvalue weighted by Gasteiger charge is 2.31. The number of fused-ring (bicyclic) bond motifs is 1. The van der Waals surface area contributed by atoms with Gasteiger partial charge in [0.15, 0.2) is 11.6 Å². The summed E-state index contributed by atoms with van der Waals surface area (Å²) in [5.74, 6) is 0.521. The van der Waals surface area contributed by atoms with Crippen molar-refractivity contribution in [1.29, 1.82) is 0 Å². The molecule has 1 atom stereocenters. The van der Waals surface area contributed by atoms with Gasteiger partial charge in [-0.05, 0) is 60.9 Å². The third-order valence-electron chi connectivity index (χ3n) is 4.51. The van der Waals surface area contributed by atoms with Gasteiger partial charge in [0, 0.05) is 17.1 Å². The number of anilines is 2. The van der Waals surface area contributed by atoms with E-state index in [0.717, 1.165) is 17.8 Å². The number of aromatic nitrogens is 2. The van der Waals surface area contributed by atoms with Gasteiger partial charge in [0.1, 0.15) is 5.82 Å². The molecule has 1 aliphatic carbocycles. The van der Waals surface area contributed by atoms with E-state index in [2.05, 4.69) is 17.3 Å². The molecule has 1 aliphatic rings. The molecule has 0 radical (unpaired) electrons. The normalized spacial score (nSPS) is 16.4. The minimum Gasteiger partial charge on any atom is -0.338 e. The summed E-state index contributed by atoms with van der Waals surface area (Å²) in [7, 11) is 0. The van der Waals surface area contributed by atoms with E-state index in [4.69, 9.17) is 11.6 Å². The van der Waals surface area contributed by atoms with Gasteiger partial charge >= 0.3 is 0 Å². The zero-order valence-corrected chi connectivity index (χ0v) is 14.9. The van der Waals surface area contributed by atoms with Gasteiger partial charge in [0.25, 0.3) is 0 Å². The monoisotopic (exact) mass is 369 g/mol. The maximum Gasteiger partial charge on any atom is 0.168 e. The molecule has 1 N–H and O–H groups in total. The van der Waals surface area contributed by atoms with Crippen molar-refractivity contribution in [2.75, 3.05) is 5.32 Å². The van der Waals surface area contributed by atoms with Crippen molar-refractivity contribution in [3.05, 3.63) is 70.6 Å². The van der Waals surface area contributed by atoms with Gasteiger partial charge in [-0.1, -0.05) is 18.5 Å². The van der Waals surface area contributed by atoms with Crippen LogP contribution in [0.4, 0.5) is 15.9 Å². The Morgan fingerprint density at radius 2 is 1.81 bits per heavy atom. The summed E-state index contributed by atoms with van der Waals surface area (Å²) in [6.45, 7) is 2.06. The molecule has 0 saturated carbocycles. The summed E-state index contributed by atoms with van der Waals surface area (Å²) in [6.07, 6.45) is 1.26. The van der Waals surface area contributed by atoms with E-state index in [1.54, 1.807) is 28.9 Å². The lowest BCUT2D eigenvalue weighted by atomic mass is 9.87. The lowest BCUT2D eigenvalue weighted by molar-refractivity contribution is 0.0953. The molecule has 3 aromatic rings. The molecule has 0 fully saturated rings. The predicted molar refractivity (Wildman–Crippen MR) is 100 cm³/mol. The Bertz CT molecular complexity index is 964. The summed E-state index contributed by atoms with van der Waals surface area (Å²) < 4.78 is 14.9. The largest absolute Gasteiger partial charge is 0.338 e. The number of ketones is 1. The zero-order valence-electron chi connectivity index (χ0n) is 14.2. The molecule has 0 spiro atoms. The third kappa shape index (κ3) is 3.10. The first-order chi connectivity index (χ1) is 12.5. The quantitative estimate of drug-likeness (QED) is 0.692. The first-order valence-corrected chi connectivity index (χ1v) is 8.82. The molecule has 4 nitrogen and oxygen atoms in total. The SMILES string of the molecule is CC1CC(=O)c2c(Nc3ccc(F)cc3)nn(-c3ccc(Cl)cc3)c2C1. The lowest BCUT2D eigenvalue weighted by Crippen LogP contribution is -2.19. The van der Waals surface area contributed by atoms with Crippen LogP contribution < -0.4 is 5.32 Å². The fourth-order valence-corrected chi connectivity index (χ4v) is 3.43. The standard InChI is InChI=1S/C20H17ClFN3O/c1-12-10-17-19(18(26)11-12)20(23-15-6-4-14(22)5-7-15)24-25(17)16-8-2-13(21)3-9-16/h2-9,12H,10-11H2,1H3,(H,23,24). The van der Waals surface area contributed by atoms with E-state index in [-0.39, 0.29) is 17.5 Å². The molecular weight excluding hydrogens is 353 g/mol. The van der Waals surface area contributed by atoms with Crippen molar-refractivity contribution in [3.63, 3.8) is 0 Å². The van der Waals surface area contributed by atoms with Gasteiger partial charge in [0.2, 0.25) is 0 Å². The minimum absolute atomic E-state index is 0.0728. The average Bonchev–Trinajstić information content (AvgIpc) is 2.96. The molecule has 0 amide bonds. The van der Waals surface area contributed by atoms with Crippen molar-refractivity contribution >= 4 is 28.9 Å². The van der Waals surface area contributed by atoms with Gasteiger partial charge in [-0.2, -0.15) is 0 Å². The van der Waals surface area contributed by atoms with Crippen molar-refractivity contribution in [1.82, 2.24) is 9.78 Å². The van der Waals surface area contributed by atoms with Crippen molar-refractivity contribution in [2.45, 2.75) is 19.8 Å². The van der Waals surface area contributed by atoms with Gasteiger partial charge < -0.3 is 5.32 Å². The summed E-state index contributed by atoms with van der Waals surface area (Å²) in [4.78, 5) is 12.7. The number of Topliss-reactive ketones (excluding diaryl/α,β-unsaturated/α-hetero) is 1. The number of nitrogens with zero attached hydrogens (tertiary/aromatic N) is 2. The first-order valence-electron chi connectivity index (χ1n) is 8.45. The summed E-state index contributed by atoms with van der Waals surface area (Å²) >= 11 is 5.99. The number of carbonyl (C=O) groups is 1. The van der Waals surface area contributed by atoms with E-state index in [9.17, 15) is 9.18 Å². The van der Waals surface area contributed by atoms with Crippen LogP contribution in [0.25, 0.3) is 5.69 Å². The fourth-order valence-electron chi connectivity index (χ4n) is 3.31. The molecule has 2 aromatic carbocycles. The molecule has 1 aromatic heterocycles. The van der Waals surface area contributed by atoms with Crippen LogP contribution in [0, 0.1) is 11.7 Å². The van der Waals surface area contributed by atoms with Gasteiger partial charge in [-0.3, -0.25) is 4.79 Å². The smallest absolute Gasteiger partial charge is 0.168 e. The number of benzene rings is 2. The van der Waals surface area contributed by atoms with Crippen LogP contribution in [0.2, 0.25) is 5.02 Å². The van der Waals surface area contributed by atoms with Crippen LogP contribution in [0.15, 0.2) is 48.5 Å². The molecule has 1 heterocycles. The van der Waals surface area contributed by atoms with Gasteiger partial charge in [0.05, 0.1) is 16.9 Å². The van der Waals surface area contributed by atoms with Crippen LogP contribution in [-0.4, -0.2) is 15.6 Å². The third-order valence-corrected chi connectivity index (χ3v) is 4.77. The van der Waals surface area contributed by atoms with Crippen molar-refractivity contribution in [3.8, 4) is 5.69 Å². The second-order valence-corrected chi connectivity index (χ2v) is 7.06. The van der Waals surface area contributed by atoms with Gasteiger partial charge in [-0.25, -0.2) is 9.07 Å².